The van der Waals surface area contributed by atoms with E-state index in [2.05, 4.69) is 17.3 Å². The SMILES string of the molecule is CCc1c(CNCCOC)cnn1-c1cccc(OC)c1. The molecule has 0 saturated heterocycles. The second-order valence-corrected chi connectivity index (χ2v) is 4.75. The quantitative estimate of drug-likeness (QED) is 0.757. The number of aromatic nitrogens is 2. The van der Waals surface area contributed by atoms with Crippen LogP contribution in [0.2, 0.25) is 0 Å². The molecule has 0 atom stereocenters. The Morgan fingerprint density at radius 3 is 2.86 bits per heavy atom. The summed E-state index contributed by atoms with van der Waals surface area (Å²) in [5.41, 5.74) is 3.46. The molecule has 5 nitrogen and oxygen atoms in total. The van der Waals surface area contributed by atoms with E-state index >= 15 is 0 Å². The summed E-state index contributed by atoms with van der Waals surface area (Å²) < 4.78 is 12.3. The van der Waals surface area contributed by atoms with Gasteiger partial charge in [0.1, 0.15) is 5.75 Å². The van der Waals surface area contributed by atoms with Crippen molar-refractivity contribution in [3.63, 3.8) is 0 Å². The van der Waals surface area contributed by atoms with E-state index in [4.69, 9.17) is 9.47 Å². The van der Waals surface area contributed by atoms with E-state index in [9.17, 15) is 0 Å². The number of benzene rings is 1. The zero-order valence-electron chi connectivity index (χ0n) is 12.9. The van der Waals surface area contributed by atoms with Crippen LogP contribution in [0.15, 0.2) is 30.5 Å². The Balaban J connectivity index is 2.18. The molecule has 2 aromatic rings. The van der Waals surface area contributed by atoms with Crippen LogP contribution in [0, 0.1) is 0 Å². The van der Waals surface area contributed by atoms with E-state index in [1.54, 1.807) is 14.2 Å². The molecule has 0 bridgehead atoms. The Bertz CT molecular complexity index is 566. The third-order valence-electron chi connectivity index (χ3n) is 3.39. The summed E-state index contributed by atoms with van der Waals surface area (Å²) in [5, 5.41) is 7.88. The van der Waals surface area contributed by atoms with Crippen molar-refractivity contribution in [3.05, 3.63) is 41.7 Å². The van der Waals surface area contributed by atoms with Gasteiger partial charge in [0.15, 0.2) is 0 Å². The fraction of sp³-hybridized carbons (Fsp3) is 0.438. The van der Waals surface area contributed by atoms with Crippen LogP contribution in [0.5, 0.6) is 5.75 Å². The van der Waals surface area contributed by atoms with Gasteiger partial charge in [-0.25, -0.2) is 4.68 Å². The van der Waals surface area contributed by atoms with Gasteiger partial charge in [-0.2, -0.15) is 5.10 Å². The van der Waals surface area contributed by atoms with Crippen molar-refractivity contribution in [1.82, 2.24) is 15.1 Å². The summed E-state index contributed by atoms with van der Waals surface area (Å²) in [6, 6.07) is 7.95. The minimum Gasteiger partial charge on any atom is -0.497 e. The lowest BCUT2D eigenvalue weighted by atomic mass is 10.2. The molecule has 21 heavy (non-hydrogen) atoms. The number of nitrogens with one attached hydrogen (secondary N) is 1. The maximum atomic E-state index is 5.28. The van der Waals surface area contributed by atoms with Gasteiger partial charge >= 0.3 is 0 Å². The predicted molar refractivity (Wildman–Crippen MR) is 83.1 cm³/mol. The molecule has 114 valence electrons. The molecule has 0 aliphatic carbocycles. The van der Waals surface area contributed by atoms with Gasteiger partial charge in [0.05, 0.1) is 25.6 Å². The Hall–Kier alpha value is -1.85. The first-order valence-corrected chi connectivity index (χ1v) is 7.20. The van der Waals surface area contributed by atoms with Crippen LogP contribution in [0.4, 0.5) is 0 Å². The van der Waals surface area contributed by atoms with E-state index in [1.807, 2.05) is 35.1 Å². The number of ether oxygens (including phenoxy) is 2. The molecule has 1 N–H and O–H groups in total. The molecule has 1 heterocycles. The fourth-order valence-electron chi connectivity index (χ4n) is 2.29. The third kappa shape index (κ3) is 3.83. The minimum atomic E-state index is 0.714. The van der Waals surface area contributed by atoms with Gasteiger partial charge in [-0.05, 0) is 18.6 Å². The summed E-state index contributed by atoms with van der Waals surface area (Å²) in [6.07, 6.45) is 2.86. The van der Waals surface area contributed by atoms with Crippen LogP contribution in [0.25, 0.3) is 5.69 Å². The maximum absolute atomic E-state index is 5.28. The number of nitrogens with zero attached hydrogens (tertiary/aromatic N) is 2. The summed E-state index contributed by atoms with van der Waals surface area (Å²) >= 11 is 0. The molecule has 0 spiro atoms. The van der Waals surface area contributed by atoms with E-state index in [0.717, 1.165) is 30.9 Å². The lowest BCUT2D eigenvalue weighted by Gasteiger charge is -2.10. The highest BCUT2D eigenvalue weighted by atomic mass is 16.5. The van der Waals surface area contributed by atoms with Crippen LogP contribution >= 0.6 is 0 Å². The van der Waals surface area contributed by atoms with Crippen molar-refractivity contribution in [1.29, 1.82) is 0 Å². The highest BCUT2D eigenvalue weighted by Crippen LogP contribution is 2.20. The Morgan fingerprint density at radius 2 is 2.14 bits per heavy atom. The molecule has 0 amide bonds. The molecule has 0 saturated carbocycles. The summed E-state index contributed by atoms with van der Waals surface area (Å²) in [6.45, 7) is 4.50. The summed E-state index contributed by atoms with van der Waals surface area (Å²) in [5.74, 6) is 0.838. The van der Waals surface area contributed by atoms with Gasteiger partial charge in [0.2, 0.25) is 0 Å². The molecular formula is C16H23N3O2. The van der Waals surface area contributed by atoms with Crippen molar-refractivity contribution in [2.45, 2.75) is 19.9 Å². The molecular weight excluding hydrogens is 266 g/mol. The lowest BCUT2D eigenvalue weighted by Crippen LogP contribution is -2.19. The molecule has 0 fully saturated rings. The van der Waals surface area contributed by atoms with Gasteiger partial charge in [-0.1, -0.05) is 13.0 Å². The minimum absolute atomic E-state index is 0.714. The zero-order chi connectivity index (χ0) is 15.1. The number of hydrogen-bond acceptors (Lipinski definition) is 4. The predicted octanol–water partition coefficient (Wildman–Crippen LogP) is 2.18. The van der Waals surface area contributed by atoms with Crippen LogP contribution in [-0.2, 0) is 17.7 Å². The molecule has 5 heteroatoms. The largest absolute Gasteiger partial charge is 0.497 e. The summed E-state index contributed by atoms with van der Waals surface area (Å²) in [4.78, 5) is 0. The van der Waals surface area contributed by atoms with Crippen LogP contribution < -0.4 is 10.1 Å². The first-order valence-electron chi connectivity index (χ1n) is 7.20. The molecule has 0 aliphatic heterocycles. The lowest BCUT2D eigenvalue weighted by molar-refractivity contribution is 0.199. The number of hydrogen-bond donors (Lipinski definition) is 1. The number of rotatable bonds is 8. The van der Waals surface area contributed by atoms with Crippen molar-refractivity contribution in [2.24, 2.45) is 0 Å². The van der Waals surface area contributed by atoms with Gasteiger partial charge < -0.3 is 14.8 Å². The van der Waals surface area contributed by atoms with Crippen LogP contribution in [0.3, 0.4) is 0 Å². The normalized spacial score (nSPS) is 10.8. The second kappa shape index (κ2) is 7.81. The smallest absolute Gasteiger partial charge is 0.121 e. The highest BCUT2D eigenvalue weighted by Gasteiger charge is 2.10. The Morgan fingerprint density at radius 1 is 1.29 bits per heavy atom. The van der Waals surface area contributed by atoms with Crippen LogP contribution in [-0.4, -0.2) is 37.2 Å². The molecule has 0 unspecified atom stereocenters. The van der Waals surface area contributed by atoms with E-state index < -0.39 is 0 Å². The monoisotopic (exact) mass is 289 g/mol. The van der Waals surface area contributed by atoms with Gasteiger partial charge in [0.25, 0.3) is 0 Å². The Kier molecular flexibility index (Phi) is 5.78. The summed E-state index contributed by atoms with van der Waals surface area (Å²) in [7, 11) is 3.38. The van der Waals surface area contributed by atoms with Crippen molar-refractivity contribution in [2.75, 3.05) is 27.4 Å². The first-order chi connectivity index (χ1) is 10.3. The fourth-order valence-corrected chi connectivity index (χ4v) is 2.29. The van der Waals surface area contributed by atoms with E-state index in [1.165, 1.54) is 11.3 Å². The highest BCUT2D eigenvalue weighted by molar-refractivity contribution is 5.41. The average molecular weight is 289 g/mol. The zero-order valence-corrected chi connectivity index (χ0v) is 12.9. The van der Waals surface area contributed by atoms with Gasteiger partial charge in [-0.15, -0.1) is 0 Å². The van der Waals surface area contributed by atoms with Crippen molar-refractivity contribution in [3.8, 4) is 11.4 Å². The number of methoxy groups -OCH3 is 2. The topological polar surface area (TPSA) is 48.3 Å². The van der Waals surface area contributed by atoms with Crippen molar-refractivity contribution < 1.29 is 9.47 Å². The van der Waals surface area contributed by atoms with E-state index in [-0.39, 0.29) is 0 Å². The average Bonchev–Trinajstić information content (AvgIpc) is 2.94. The molecule has 1 aromatic carbocycles. The van der Waals surface area contributed by atoms with Crippen molar-refractivity contribution >= 4 is 0 Å². The molecule has 2 rings (SSSR count). The molecule has 0 aliphatic rings. The van der Waals surface area contributed by atoms with Crippen LogP contribution in [0.1, 0.15) is 18.2 Å². The molecule has 0 radical (unpaired) electrons. The Labute approximate surface area is 125 Å². The maximum Gasteiger partial charge on any atom is 0.121 e. The van der Waals surface area contributed by atoms with Gasteiger partial charge in [-0.3, -0.25) is 0 Å². The molecule has 1 aromatic heterocycles. The van der Waals surface area contributed by atoms with Gasteiger partial charge in [0, 0.05) is 37.5 Å². The van der Waals surface area contributed by atoms with E-state index in [0.29, 0.717) is 6.61 Å². The second-order valence-electron chi connectivity index (χ2n) is 4.75. The third-order valence-corrected chi connectivity index (χ3v) is 3.39. The first kappa shape index (κ1) is 15.5. The standard InChI is InChI=1S/C16H23N3O2/c1-4-16-13(11-17-8-9-20-2)12-18-19(16)14-6-5-7-15(10-14)21-3/h5-7,10,12,17H,4,8-9,11H2,1-3H3.